The highest BCUT2D eigenvalue weighted by Crippen LogP contribution is 2.25. The van der Waals surface area contributed by atoms with E-state index in [4.69, 9.17) is 0 Å². The first-order valence-electron chi connectivity index (χ1n) is 6.18. The van der Waals surface area contributed by atoms with Crippen molar-refractivity contribution in [3.05, 3.63) is 23.8 Å². The predicted octanol–water partition coefficient (Wildman–Crippen LogP) is 1.66. The molecular weight excluding hydrogens is 250 g/mol. The molecule has 5 heteroatoms. The van der Waals surface area contributed by atoms with Crippen LogP contribution in [0.5, 0.6) is 11.5 Å². The minimum atomic E-state index is -0.648. The molecule has 0 saturated carbocycles. The highest BCUT2D eigenvalue weighted by molar-refractivity contribution is 7.85. The van der Waals surface area contributed by atoms with E-state index in [-0.39, 0.29) is 17.5 Å². The van der Waals surface area contributed by atoms with Gasteiger partial charge in [-0.15, -0.1) is 0 Å². The Morgan fingerprint density at radius 2 is 1.78 bits per heavy atom. The summed E-state index contributed by atoms with van der Waals surface area (Å²) < 4.78 is 11.3. The van der Waals surface area contributed by atoms with Crippen molar-refractivity contribution in [1.82, 2.24) is 5.32 Å². The number of nitrogens with one attached hydrogen (secondary N) is 1. The van der Waals surface area contributed by atoms with Gasteiger partial charge in [0.25, 0.3) is 0 Å². The van der Waals surface area contributed by atoms with Gasteiger partial charge < -0.3 is 15.5 Å². The second kappa shape index (κ2) is 5.71. The van der Waals surface area contributed by atoms with Gasteiger partial charge in [0.1, 0.15) is 11.5 Å². The van der Waals surface area contributed by atoms with Crippen LogP contribution in [0.2, 0.25) is 0 Å². The molecule has 0 aliphatic carbocycles. The third-order valence-electron chi connectivity index (χ3n) is 3.30. The summed E-state index contributed by atoms with van der Waals surface area (Å²) in [5, 5.41) is 22.4. The maximum absolute atomic E-state index is 11.3. The average molecular weight is 269 g/mol. The van der Waals surface area contributed by atoms with Gasteiger partial charge >= 0.3 is 0 Å². The van der Waals surface area contributed by atoms with Gasteiger partial charge in [-0.05, 0) is 37.5 Å². The van der Waals surface area contributed by atoms with Crippen LogP contribution >= 0.6 is 0 Å². The van der Waals surface area contributed by atoms with Crippen LogP contribution < -0.4 is 5.32 Å². The summed E-state index contributed by atoms with van der Waals surface area (Å²) in [5.74, 6) is 1.66. The molecule has 18 heavy (non-hydrogen) atoms. The van der Waals surface area contributed by atoms with Crippen molar-refractivity contribution >= 4 is 10.8 Å². The number of benzene rings is 1. The lowest BCUT2D eigenvalue weighted by Gasteiger charge is -2.26. The largest absolute Gasteiger partial charge is 0.508 e. The number of phenolic OH excluding ortho intramolecular Hbond substituents is 2. The molecule has 1 fully saturated rings. The fraction of sp³-hybridized carbons (Fsp3) is 0.538. The topological polar surface area (TPSA) is 69.6 Å². The van der Waals surface area contributed by atoms with Crippen molar-refractivity contribution in [1.29, 1.82) is 0 Å². The fourth-order valence-corrected chi connectivity index (χ4v) is 3.58. The van der Waals surface area contributed by atoms with Crippen LogP contribution in [0.3, 0.4) is 0 Å². The van der Waals surface area contributed by atoms with E-state index in [9.17, 15) is 14.4 Å². The first-order chi connectivity index (χ1) is 8.54. The molecule has 0 spiro atoms. The van der Waals surface area contributed by atoms with Gasteiger partial charge in [-0.2, -0.15) is 0 Å². The molecule has 0 bridgehead atoms. The van der Waals surface area contributed by atoms with Gasteiger partial charge in [0, 0.05) is 40.5 Å². The maximum Gasteiger partial charge on any atom is 0.119 e. The molecule has 2 rings (SSSR count). The van der Waals surface area contributed by atoms with Gasteiger partial charge in [-0.3, -0.25) is 4.21 Å². The molecule has 0 amide bonds. The van der Waals surface area contributed by atoms with Gasteiger partial charge in [0.2, 0.25) is 0 Å². The van der Waals surface area contributed by atoms with E-state index >= 15 is 0 Å². The molecule has 1 heterocycles. The third kappa shape index (κ3) is 3.46. The van der Waals surface area contributed by atoms with E-state index in [0.29, 0.717) is 6.04 Å². The third-order valence-corrected chi connectivity index (χ3v) is 4.68. The van der Waals surface area contributed by atoms with E-state index < -0.39 is 10.8 Å². The lowest BCUT2D eigenvalue weighted by molar-refractivity contribution is 0.418. The Kier molecular flexibility index (Phi) is 4.24. The highest BCUT2D eigenvalue weighted by Gasteiger charge is 2.20. The molecular formula is C13H19NO3S. The molecule has 4 nitrogen and oxygen atoms in total. The Hall–Kier alpha value is -1.07. The molecule has 100 valence electrons. The summed E-state index contributed by atoms with van der Waals surface area (Å²) in [6.07, 6.45) is 1.84. The van der Waals surface area contributed by atoms with Gasteiger partial charge in [-0.25, -0.2) is 0 Å². The summed E-state index contributed by atoms with van der Waals surface area (Å²) in [6.45, 7) is 2.00. The van der Waals surface area contributed by atoms with Crippen molar-refractivity contribution in [2.24, 2.45) is 0 Å². The Labute approximate surface area is 109 Å². The van der Waals surface area contributed by atoms with Gasteiger partial charge in [-0.1, -0.05) is 0 Å². The second-order valence-electron chi connectivity index (χ2n) is 4.79. The smallest absolute Gasteiger partial charge is 0.119 e. The SMILES string of the molecule is CC(NC1CCS(=O)CC1)c1cc(O)cc(O)c1. The zero-order valence-corrected chi connectivity index (χ0v) is 11.2. The van der Waals surface area contributed by atoms with Crippen LogP contribution in [-0.4, -0.2) is 32.0 Å². The number of hydrogen-bond donors (Lipinski definition) is 3. The molecule has 1 aliphatic rings. The number of phenols is 2. The van der Waals surface area contributed by atoms with E-state index in [1.165, 1.54) is 6.07 Å². The van der Waals surface area contributed by atoms with E-state index in [2.05, 4.69) is 5.32 Å². The number of aromatic hydroxyl groups is 2. The molecule has 1 atom stereocenters. The quantitative estimate of drug-likeness (QED) is 0.780. The molecule has 0 radical (unpaired) electrons. The van der Waals surface area contributed by atoms with Crippen LogP contribution in [0, 0.1) is 0 Å². The number of hydrogen-bond acceptors (Lipinski definition) is 4. The van der Waals surface area contributed by atoms with E-state index in [1.54, 1.807) is 12.1 Å². The minimum Gasteiger partial charge on any atom is -0.508 e. The van der Waals surface area contributed by atoms with Crippen molar-refractivity contribution in [3.8, 4) is 11.5 Å². The molecule has 3 N–H and O–H groups in total. The molecule has 1 aromatic carbocycles. The zero-order chi connectivity index (χ0) is 13.1. The summed E-state index contributed by atoms with van der Waals surface area (Å²) in [4.78, 5) is 0. The standard InChI is InChI=1S/C13H19NO3S/c1-9(10-6-12(15)8-13(16)7-10)14-11-2-4-18(17)5-3-11/h6-9,11,14-16H,2-5H2,1H3. The van der Waals surface area contributed by atoms with Crippen molar-refractivity contribution < 1.29 is 14.4 Å². The van der Waals surface area contributed by atoms with Crippen molar-refractivity contribution in [3.63, 3.8) is 0 Å². The van der Waals surface area contributed by atoms with E-state index in [1.807, 2.05) is 6.92 Å². The summed E-state index contributed by atoms with van der Waals surface area (Å²) in [6, 6.07) is 5.04. The summed E-state index contributed by atoms with van der Waals surface area (Å²) >= 11 is 0. The average Bonchev–Trinajstić information content (AvgIpc) is 2.31. The van der Waals surface area contributed by atoms with Crippen LogP contribution in [0.25, 0.3) is 0 Å². The first-order valence-corrected chi connectivity index (χ1v) is 7.67. The van der Waals surface area contributed by atoms with Crippen molar-refractivity contribution in [2.75, 3.05) is 11.5 Å². The minimum absolute atomic E-state index is 0.0551. The van der Waals surface area contributed by atoms with Crippen LogP contribution in [0.4, 0.5) is 0 Å². The molecule has 1 unspecified atom stereocenters. The normalized spacial score (nSPS) is 25.8. The van der Waals surface area contributed by atoms with Gasteiger partial charge in [0.15, 0.2) is 0 Å². The fourth-order valence-electron chi connectivity index (χ4n) is 2.28. The van der Waals surface area contributed by atoms with Crippen molar-refractivity contribution in [2.45, 2.75) is 31.8 Å². The monoisotopic (exact) mass is 269 g/mol. The van der Waals surface area contributed by atoms with Gasteiger partial charge in [0.05, 0.1) is 0 Å². The zero-order valence-electron chi connectivity index (χ0n) is 10.4. The Balaban J connectivity index is 1.98. The van der Waals surface area contributed by atoms with Crippen LogP contribution in [0.1, 0.15) is 31.4 Å². The Morgan fingerprint density at radius 1 is 1.22 bits per heavy atom. The molecule has 1 aliphatic heterocycles. The summed E-state index contributed by atoms with van der Waals surface area (Å²) in [7, 11) is -0.648. The maximum atomic E-state index is 11.3. The Morgan fingerprint density at radius 3 is 2.33 bits per heavy atom. The molecule has 0 aromatic heterocycles. The van der Waals surface area contributed by atoms with E-state index in [0.717, 1.165) is 29.9 Å². The van der Waals surface area contributed by atoms with Crippen LogP contribution in [0.15, 0.2) is 18.2 Å². The first kappa shape index (κ1) is 13.4. The lowest BCUT2D eigenvalue weighted by Crippen LogP contribution is -2.37. The Bertz CT molecular complexity index is 420. The molecule has 1 saturated heterocycles. The molecule has 1 aromatic rings. The lowest BCUT2D eigenvalue weighted by atomic mass is 10.0. The summed E-state index contributed by atoms with van der Waals surface area (Å²) in [5.41, 5.74) is 0.860. The number of rotatable bonds is 3. The highest BCUT2D eigenvalue weighted by atomic mass is 32.2. The second-order valence-corrected chi connectivity index (χ2v) is 6.49. The van der Waals surface area contributed by atoms with Crippen LogP contribution in [-0.2, 0) is 10.8 Å². The predicted molar refractivity (Wildman–Crippen MR) is 72.2 cm³/mol.